The average molecular weight is 395 g/mol. The van der Waals surface area contributed by atoms with E-state index in [0.717, 1.165) is 17.3 Å². The number of thioether (sulfide) groups is 1. The topological polar surface area (TPSA) is 82.0 Å². The van der Waals surface area contributed by atoms with E-state index in [-0.39, 0.29) is 29.8 Å². The number of nitriles is 1. The Labute approximate surface area is 166 Å². The van der Waals surface area contributed by atoms with Crippen molar-refractivity contribution in [3.8, 4) is 6.07 Å². The van der Waals surface area contributed by atoms with Gasteiger partial charge in [0.2, 0.25) is 11.8 Å². The van der Waals surface area contributed by atoms with E-state index in [1.54, 1.807) is 18.2 Å². The van der Waals surface area contributed by atoms with E-state index in [1.807, 2.05) is 25.1 Å². The second-order valence-electron chi connectivity index (χ2n) is 6.42. The molecule has 0 bridgehead atoms. The lowest BCUT2D eigenvalue weighted by atomic mass is 9.87. The van der Waals surface area contributed by atoms with Crippen LogP contribution in [-0.4, -0.2) is 17.6 Å². The summed E-state index contributed by atoms with van der Waals surface area (Å²) in [6, 6.07) is 15.3. The maximum absolute atomic E-state index is 13.2. The van der Waals surface area contributed by atoms with Gasteiger partial charge in [-0.3, -0.25) is 9.59 Å². The quantitative estimate of drug-likeness (QED) is 0.806. The fraction of sp³-hybridized carbons (Fsp3) is 0.190. The molecule has 0 spiro atoms. The highest BCUT2D eigenvalue weighted by Crippen LogP contribution is 2.35. The Hall–Kier alpha value is -3.11. The molecule has 0 saturated heterocycles. The number of benzene rings is 2. The molecule has 0 fully saturated rings. The van der Waals surface area contributed by atoms with E-state index in [0.29, 0.717) is 21.9 Å². The number of rotatable bonds is 5. The maximum atomic E-state index is 13.2. The summed E-state index contributed by atoms with van der Waals surface area (Å²) in [6.45, 7) is 1.93. The second kappa shape index (κ2) is 8.72. The Morgan fingerprint density at radius 2 is 2.07 bits per heavy atom. The van der Waals surface area contributed by atoms with Gasteiger partial charge >= 0.3 is 0 Å². The largest absolute Gasteiger partial charge is 0.325 e. The average Bonchev–Trinajstić information content (AvgIpc) is 2.66. The van der Waals surface area contributed by atoms with Crippen LogP contribution in [0.25, 0.3) is 0 Å². The highest BCUT2D eigenvalue weighted by Gasteiger charge is 2.29. The number of halogens is 1. The number of hydrogen-bond acceptors (Lipinski definition) is 4. The third kappa shape index (κ3) is 4.78. The van der Waals surface area contributed by atoms with Crippen LogP contribution in [0.1, 0.15) is 23.5 Å². The second-order valence-corrected chi connectivity index (χ2v) is 7.40. The standard InChI is InChI=1S/C21H18FN3O2S/c1-13-3-2-4-16(9-13)24-20(27)12-28-21-18(11-23)17(10-19(26)25-21)14-5-7-15(22)8-6-14/h2-9,17H,10,12H2,1H3,(H,24,27)(H,25,26)/t17-/m1/s1. The van der Waals surface area contributed by atoms with Gasteiger partial charge in [0.05, 0.1) is 22.4 Å². The van der Waals surface area contributed by atoms with Gasteiger partial charge in [-0.05, 0) is 42.3 Å². The Balaban J connectivity index is 1.74. The molecule has 7 heteroatoms. The predicted molar refractivity (Wildman–Crippen MR) is 107 cm³/mol. The molecule has 2 amide bonds. The molecule has 1 aliphatic heterocycles. The predicted octanol–water partition coefficient (Wildman–Crippen LogP) is 3.84. The van der Waals surface area contributed by atoms with Crippen LogP contribution < -0.4 is 10.6 Å². The monoisotopic (exact) mass is 395 g/mol. The molecule has 2 N–H and O–H groups in total. The fourth-order valence-electron chi connectivity index (χ4n) is 2.97. The van der Waals surface area contributed by atoms with Gasteiger partial charge in [0, 0.05) is 18.0 Å². The Kier molecular flexibility index (Phi) is 6.12. The number of allylic oxidation sites excluding steroid dienone is 1. The van der Waals surface area contributed by atoms with Crippen molar-refractivity contribution in [1.82, 2.24) is 5.32 Å². The molecule has 0 radical (unpaired) electrons. The van der Waals surface area contributed by atoms with Gasteiger partial charge in [-0.1, -0.05) is 36.0 Å². The molecule has 1 atom stereocenters. The molecule has 0 unspecified atom stereocenters. The van der Waals surface area contributed by atoms with Crippen molar-refractivity contribution in [2.75, 3.05) is 11.1 Å². The summed E-state index contributed by atoms with van der Waals surface area (Å²) in [6.07, 6.45) is 0.105. The highest BCUT2D eigenvalue weighted by molar-refractivity contribution is 8.03. The molecular formula is C21H18FN3O2S. The Bertz CT molecular complexity index is 980. The third-order valence-corrected chi connectivity index (χ3v) is 5.29. The third-order valence-electron chi connectivity index (χ3n) is 4.28. The number of nitrogens with one attached hydrogen (secondary N) is 2. The minimum atomic E-state index is -0.457. The van der Waals surface area contributed by atoms with E-state index >= 15 is 0 Å². The highest BCUT2D eigenvalue weighted by atomic mass is 32.2. The van der Waals surface area contributed by atoms with E-state index in [2.05, 4.69) is 16.7 Å². The Morgan fingerprint density at radius 3 is 2.75 bits per heavy atom. The van der Waals surface area contributed by atoms with E-state index in [9.17, 15) is 19.2 Å². The lowest BCUT2D eigenvalue weighted by Gasteiger charge is -2.25. The molecule has 142 valence electrons. The van der Waals surface area contributed by atoms with E-state index in [4.69, 9.17) is 0 Å². The van der Waals surface area contributed by atoms with Gasteiger partial charge in [-0.25, -0.2) is 4.39 Å². The van der Waals surface area contributed by atoms with Gasteiger partial charge in [0.25, 0.3) is 0 Å². The number of carbonyl (C=O) groups is 2. The summed E-state index contributed by atoms with van der Waals surface area (Å²) in [5.74, 6) is -1.27. The minimum Gasteiger partial charge on any atom is -0.325 e. The van der Waals surface area contributed by atoms with Gasteiger partial charge < -0.3 is 10.6 Å². The lowest BCUT2D eigenvalue weighted by Crippen LogP contribution is -2.31. The van der Waals surface area contributed by atoms with Gasteiger partial charge in [0.15, 0.2) is 0 Å². The van der Waals surface area contributed by atoms with Crippen LogP contribution in [0.5, 0.6) is 0 Å². The van der Waals surface area contributed by atoms with Crippen molar-refractivity contribution in [2.45, 2.75) is 19.3 Å². The zero-order valence-electron chi connectivity index (χ0n) is 15.2. The summed E-state index contributed by atoms with van der Waals surface area (Å²) in [7, 11) is 0. The van der Waals surface area contributed by atoms with Crippen molar-refractivity contribution in [2.24, 2.45) is 0 Å². The van der Waals surface area contributed by atoms with Crippen LogP contribution in [-0.2, 0) is 9.59 Å². The summed E-state index contributed by atoms with van der Waals surface area (Å²) < 4.78 is 13.2. The molecule has 0 aromatic heterocycles. The lowest BCUT2D eigenvalue weighted by molar-refractivity contribution is -0.121. The first-order chi connectivity index (χ1) is 13.5. The zero-order valence-corrected chi connectivity index (χ0v) is 16.0. The first-order valence-corrected chi connectivity index (χ1v) is 9.63. The molecule has 2 aromatic rings. The number of aryl methyl sites for hydroxylation is 1. The fourth-order valence-corrected chi connectivity index (χ4v) is 3.85. The van der Waals surface area contributed by atoms with Gasteiger partial charge in [-0.2, -0.15) is 5.26 Å². The molecule has 1 aliphatic rings. The smallest absolute Gasteiger partial charge is 0.234 e. The summed E-state index contributed by atoms with van der Waals surface area (Å²) >= 11 is 1.11. The zero-order chi connectivity index (χ0) is 20.1. The summed E-state index contributed by atoms with van der Waals surface area (Å²) in [4.78, 5) is 24.4. The SMILES string of the molecule is Cc1cccc(NC(=O)CSC2=C(C#N)[C@@H](c3ccc(F)cc3)CC(=O)N2)c1. The Morgan fingerprint density at radius 1 is 1.32 bits per heavy atom. The summed E-state index contributed by atoms with van der Waals surface area (Å²) in [5, 5.41) is 15.5. The van der Waals surface area contributed by atoms with Crippen LogP contribution in [0.15, 0.2) is 59.1 Å². The van der Waals surface area contributed by atoms with Crippen LogP contribution in [0.3, 0.4) is 0 Å². The molecule has 1 heterocycles. The van der Waals surface area contributed by atoms with Gasteiger partial charge in [0.1, 0.15) is 5.82 Å². The molecule has 3 rings (SSSR count). The molecule has 2 aromatic carbocycles. The first-order valence-electron chi connectivity index (χ1n) is 8.65. The minimum absolute atomic E-state index is 0.0465. The van der Waals surface area contributed by atoms with Crippen LogP contribution >= 0.6 is 11.8 Å². The molecular weight excluding hydrogens is 377 g/mol. The molecule has 0 aliphatic carbocycles. The number of hydrogen-bond donors (Lipinski definition) is 2. The summed E-state index contributed by atoms with van der Waals surface area (Å²) in [5.41, 5.74) is 2.79. The number of carbonyl (C=O) groups excluding carboxylic acids is 2. The van der Waals surface area contributed by atoms with Crippen molar-refractivity contribution in [3.05, 3.63) is 76.1 Å². The van der Waals surface area contributed by atoms with Gasteiger partial charge in [-0.15, -0.1) is 0 Å². The number of nitrogens with zero attached hydrogens (tertiary/aromatic N) is 1. The molecule has 28 heavy (non-hydrogen) atoms. The van der Waals surface area contributed by atoms with E-state index < -0.39 is 5.92 Å². The van der Waals surface area contributed by atoms with Crippen LogP contribution in [0, 0.1) is 24.1 Å². The molecule has 0 saturated carbocycles. The van der Waals surface area contributed by atoms with Crippen molar-refractivity contribution in [1.29, 1.82) is 5.26 Å². The van der Waals surface area contributed by atoms with Crippen molar-refractivity contribution < 1.29 is 14.0 Å². The molecule has 5 nitrogen and oxygen atoms in total. The van der Waals surface area contributed by atoms with Crippen molar-refractivity contribution in [3.63, 3.8) is 0 Å². The van der Waals surface area contributed by atoms with Crippen molar-refractivity contribution >= 4 is 29.3 Å². The number of amides is 2. The van der Waals surface area contributed by atoms with Crippen LogP contribution in [0.4, 0.5) is 10.1 Å². The normalized spacial score (nSPS) is 16.3. The van der Waals surface area contributed by atoms with E-state index in [1.165, 1.54) is 12.1 Å². The van der Waals surface area contributed by atoms with Crippen LogP contribution in [0.2, 0.25) is 0 Å². The first kappa shape index (κ1) is 19.6. The number of anilines is 1. The maximum Gasteiger partial charge on any atom is 0.234 e.